The number of nitrogens with two attached hydrogens (primary N) is 1. The molecule has 0 radical (unpaired) electrons. The Morgan fingerprint density at radius 3 is 2.31 bits per heavy atom. The van der Waals surface area contributed by atoms with Crippen LogP contribution in [0, 0.1) is 0 Å². The molecule has 0 spiro atoms. The van der Waals surface area contributed by atoms with Gasteiger partial charge in [-0.25, -0.2) is 4.39 Å². The van der Waals surface area contributed by atoms with Crippen molar-refractivity contribution >= 4 is 23.4 Å². The molecule has 1 saturated heterocycles. The van der Waals surface area contributed by atoms with Crippen molar-refractivity contribution in [3.05, 3.63) is 95.8 Å². The zero-order valence-electron chi connectivity index (χ0n) is 19.8. The molecule has 0 bridgehead atoms. The number of pyridine rings is 1. The Bertz CT molecular complexity index is 1210. The summed E-state index contributed by atoms with van der Waals surface area (Å²) in [4.78, 5) is 43.7. The molecule has 4 N–H and O–H groups in total. The summed E-state index contributed by atoms with van der Waals surface area (Å²) in [6.07, 6.45) is 1.30. The molecule has 4 atom stereocenters. The largest absolute Gasteiger partial charge is 0.343 e. The van der Waals surface area contributed by atoms with E-state index >= 15 is 0 Å². The average Bonchev–Trinajstić information content (AvgIpc) is 3.29. The number of carbonyl (C=O) groups is 3. The van der Waals surface area contributed by atoms with Crippen molar-refractivity contribution in [2.45, 2.75) is 37.6 Å². The van der Waals surface area contributed by atoms with Crippen LogP contribution in [0.25, 0.3) is 0 Å². The van der Waals surface area contributed by atoms with Gasteiger partial charge in [0.25, 0.3) is 0 Å². The number of aromatic nitrogens is 1. The van der Waals surface area contributed by atoms with Crippen LogP contribution in [-0.4, -0.2) is 46.4 Å². The predicted octanol–water partition coefficient (Wildman–Crippen LogP) is 2.88. The number of halogens is 1. The summed E-state index contributed by atoms with van der Waals surface area (Å²) in [6, 6.07) is 18.3. The summed E-state index contributed by atoms with van der Waals surface area (Å²) in [5.41, 5.74) is 8.87. The molecule has 3 aromatic rings. The molecule has 1 aliphatic heterocycles. The monoisotopic (exact) mass is 489 g/mol. The molecule has 1 unspecified atom stereocenters. The SMILES string of the molecule is CC(N)c1ccc([C@@H](NC(=O)[C@@H]2C[C@@H](F)CN2C(=O)C(=O)Nc2cccnc2)c2ccccc2)cc1. The van der Waals surface area contributed by atoms with Crippen LogP contribution in [-0.2, 0) is 14.4 Å². The van der Waals surface area contributed by atoms with Gasteiger partial charge in [0.2, 0.25) is 5.91 Å². The summed E-state index contributed by atoms with van der Waals surface area (Å²) >= 11 is 0. The van der Waals surface area contributed by atoms with Crippen molar-refractivity contribution in [2.75, 3.05) is 11.9 Å². The second kappa shape index (κ2) is 11.1. The van der Waals surface area contributed by atoms with Crippen molar-refractivity contribution in [3.8, 4) is 0 Å². The number of nitrogens with one attached hydrogen (secondary N) is 2. The third-order valence-electron chi connectivity index (χ3n) is 6.14. The molecular formula is C27H28FN5O3. The number of carbonyl (C=O) groups excluding carboxylic acids is 3. The maximum Gasteiger partial charge on any atom is 0.313 e. The van der Waals surface area contributed by atoms with E-state index in [0.29, 0.717) is 5.69 Å². The summed E-state index contributed by atoms with van der Waals surface area (Å²) in [5.74, 6) is -2.47. The number of hydrogen-bond acceptors (Lipinski definition) is 5. The third kappa shape index (κ3) is 5.75. The van der Waals surface area contributed by atoms with Gasteiger partial charge in [0, 0.05) is 18.7 Å². The van der Waals surface area contributed by atoms with Gasteiger partial charge in [-0.1, -0.05) is 54.6 Å². The van der Waals surface area contributed by atoms with Gasteiger partial charge in [-0.3, -0.25) is 19.4 Å². The fourth-order valence-electron chi connectivity index (χ4n) is 4.24. The van der Waals surface area contributed by atoms with Crippen LogP contribution in [0.2, 0.25) is 0 Å². The van der Waals surface area contributed by atoms with Crippen LogP contribution in [0.5, 0.6) is 0 Å². The highest BCUT2D eigenvalue weighted by atomic mass is 19.1. The van der Waals surface area contributed by atoms with Crippen molar-refractivity contribution < 1.29 is 18.8 Å². The van der Waals surface area contributed by atoms with Crippen molar-refractivity contribution in [1.82, 2.24) is 15.2 Å². The smallest absolute Gasteiger partial charge is 0.313 e. The van der Waals surface area contributed by atoms with Crippen LogP contribution < -0.4 is 16.4 Å². The summed E-state index contributed by atoms with van der Waals surface area (Å²) in [6.45, 7) is 1.55. The Kier molecular flexibility index (Phi) is 7.70. The number of amides is 3. The molecule has 9 heteroatoms. The number of anilines is 1. The third-order valence-corrected chi connectivity index (χ3v) is 6.14. The molecular weight excluding hydrogens is 461 g/mol. The second-order valence-corrected chi connectivity index (χ2v) is 8.81. The van der Waals surface area contributed by atoms with Crippen LogP contribution in [0.1, 0.15) is 42.1 Å². The van der Waals surface area contributed by atoms with Crippen LogP contribution in [0.4, 0.5) is 10.1 Å². The van der Waals surface area contributed by atoms with Crippen LogP contribution in [0.3, 0.4) is 0 Å². The number of benzene rings is 2. The number of hydrogen-bond donors (Lipinski definition) is 3. The average molecular weight is 490 g/mol. The van der Waals surface area contributed by atoms with Gasteiger partial charge >= 0.3 is 11.8 Å². The molecule has 8 nitrogen and oxygen atoms in total. The zero-order valence-corrected chi connectivity index (χ0v) is 19.8. The van der Waals surface area contributed by atoms with Gasteiger partial charge < -0.3 is 21.3 Å². The molecule has 1 aliphatic rings. The number of likely N-dealkylation sites (tertiary alicyclic amines) is 1. The van der Waals surface area contributed by atoms with E-state index in [4.69, 9.17) is 5.73 Å². The van der Waals surface area contributed by atoms with E-state index in [2.05, 4.69) is 15.6 Å². The molecule has 36 heavy (non-hydrogen) atoms. The Morgan fingerprint density at radius 2 is 1.67 bits per heavy atom. The fraction of sp³-hybridized carbons (Fsp3) is 0.259. The Labute approximate surface area is 208 Å². The highest BCUT2D eigenvalue weighted by Gasteiger charge is 2.42. The minimum Gasteiger partial charge on any atom is -0.343 e. The van der Waals surface area contributed by atoms with Gasteiger partial charge in [0.15, 0.2) is 0 Å². The minimum atomic E-state index is -1.42. The lowest BCUT2D eigenvalue weighted by molar-refractivity contribution is -0.146. The van der Waals surface area contributed by atoms with Gasteiger partial charge in [0.05, 0.1) is 24.5 Å². The molecule has 3 amide bonds. The van der Waals surface area contributed by atoms with Gasteiger partial charge in [0.1, 0.15) is 12.2 Å². The van der Waals surface area contributed by atoms with Crippen molar-refractivity contribution in [3.63, 3.8) is 0 Å². The first kappa shape index (κ1) is 25.0. The van der Waals surface area contributed by atoms with E-state index in [1.54, 1.807) is 12.1 Å². The fourth-order valence-corrected chi connectivity index (χ4v) is 4.24. The second-order valence-electron chi connectivity index (χ2n) is 8.81. The number of nitrogens with zero attached hydrogens (tertiary/aromatic N) is 2. The topological polar surface area (TPSA) is 117 Å². The van der Waals surface area contributed by atoms with E-state index in [0.717, 1.165) is 21.6 Å². The minimum absolute atomic E-state index is 0.138. The lowest BCUT2D eigenvalue weighted by Gasteiger charge is -2.26. The van der Waals surface area contributed by atoms with E-state index in [9.17, 15) is 18.8 Å². The molecule has 2 aromatic carbocycles. The molecule has 4 rings (SSSR count). The van der Waals surface area contributed by atoms with Gasteiger partial charge in [-0.15, -0.1) is 0 Å². The maximum absolute atomic E-state index is 14.4. The molecule has 2 heterocycles. The predicted molar refractivity (Wildman–Crippen MR) is 133 cm³/mol. The molecule has 186 valence electrons. The van der Waals surface area contributed by atoms with Gasteiger partial charge in [-0.05, 0) is 35.7 Å². The standard InChI is InChI=1S/C27H28FN5O3/c1-17(29)18-9-11-20(12-10-18)24(19-6-3-2-4-7-19)32-25(34)23-14-21(28)16-33(23)27(36)26(35)31-22-8-5-13-30-15-22/h2-13,15,17,21,23-24H,14,16,29H2,1H3,(H,31,35)(H,32,34)/t17?,21-,23+,24+/m1/s1. The molecule has 0 saturated carbocycles. The number of alkyl halides is 1. The summed E-state index contributed by atoms with van der Waals surface area (Å²) < 4.78 is 14.4. The Morgan fingerprint density at radius 1 is 1.00 bits per heavy atom. The Hall–Kier alpha value is -4.11. The summed E-state index contributed by atoms with van der Waals surface area (Å²) in [5, 5.41) is 5.40. The zero-order chi connectivity index (χ0) is 25.7. The van der Waals surface area contributed by atoms with E-state index < -0.39 is 36.0 Å². The van der Waals surface area contributed by atoms with Gasteiger partial charge in [-0.2, -0.15) is 0 Å². The van der Waals surface area contributed by atoms with Crippen molar-refractivity contribution in [2.24, 2.45) is 5.73 Å². The normalized spacial score (nSPS) is 18.8. The number of rotatable bonds is 6. The van der Waals surface area contributed by atoms with Crippen molar-refractivity contribution in [1.29, 1.82) is 0 Å². The van der Waals surface area contributed by atoms with E-state index in [1.807, 2.05) is 61.5 Å². The van der Waals surface area contributed by atoms with Crippen LogP contribution >= 0.6 is 0 Å². The first-order chi connectivity index (χ1) is 17.3. The molecule has 0 aliphatic carbocycles. The first-order valence-corrected chi connectivity index (χ1v) is 11.7. The first-order valence-electron chi connectivity index (χ1n) is 11.7. The Balaban J connectivity index is 1.54. The summed E-state index contributed by atoms with van der Waals surface area (Å²) in [7, 11) is 0. The quantitative estimate of drug-likeness (QED) is 0.461. The molecule has 1 aromatic heterocycles. The van der Waals surface area contributed by atoms with E-state index in [-0.39, 0.29) is 19.0 Å². The highest BCUT2D eigenvalue weighted by Crippen LogP contribution is 2.26. The molecule has 1 fully saturated rings. The van der Waals surface area contributed by atoms with Crippen LogP contribution in [0.15, 0.2) is 79.1 Å². The highest BCUT2D eigenvalue weighted by molar-refractivity contribution is 6.40. The lowest BCUT2D eigenvalue weighted by atomic mass is 9.96. The maximum atomic E-state index is 14.4. The lowest BCUT2D eigenvalue weighted by Crippen LogP contribution is -2.50. The van der Waals surface area contributed by atoms with E-state index in [1.165, 1.54) is 12.4 Å².